The van der Waals surface area contributed by atoms with Gasteiger partial charge in [0.1, 0.15) is 0 Å². The zero-order valence-corrected chi connectivity index (χ0v) is 10.3. The van der Waals surface area contributed by atoms with E-state index in [-0.39, 0.29) is 17.5 Å². The number of rotatable bonds is 0. The molecule has 1 amide bonds. The van der Waals surface area contributed by atoms with Crippen LogP contribution in [0, 0.1) is 0 Å². The van der Waals surface area contributed by atoms with E-state index in [2.05, 4.69) is 5.32 Å². The van der Waals surface area contributed by atoms with Gasteiger partial charge in [-0.05, 0) is 11.6 Å². The number of amides is 1. The summed E-state index contributed by atoms with van der Waals surface area (Å²) >= 11 is 0. The van der Waals surface area contributed by atoms with Gasteiger partial charge in [-0.3, -0.25) is 4.79 Å². The molecule has 1 N–H and O–H groups in total. The molecule has 19 heavy (non-hydrogen) atoms. The molecule has 0 spiro atoms. The van der Waals surface area contributed by atoms with Crippen molar-refractivity contribution in [1.82, 2.24) is 10.2 Å². The van der Waals surface area contributed by atoms with E-state index in [4.69, 9.17) is 0 Å². The molecule has 3 rings (SSSR count). The van der Waals surface area contributed by atoms with Crippen molar-refractivity contribution in [2.45, 2.75) is 18.1 Å². The molecule has 1 saturated heterocycles. The lowest BCUT2D eigenvalue weighted by molar-refractivity contribution is -0.138. The molecule has 2 heterocycles. The van der Waals surface area contributed by atoms with Crippen LogP contribution < -0.4 is 5.32 Å². The van der Waals surface area contributed by atoms with E-state index < -0.39 is 17.6 Å². The Bertz CT molecular complexity index is 541. The van der Waals surface area contributed by atoms with Gasteiger partial charge in [0.2, 0.25) is 0 Å². The summed E-state index contributed by atoms with van der Waals surface area (Å²) in [5.74, 6) is -0.590. The van der Waals surface area contributed by atoms with E-state index >= 15 is 0 Å². The first kappa shape index (κ1) is 12.5. The molecule has 1 aromatic rings. The Balaban J connectivity index is 2.22. The van der Waals surface area contributed by atoms with Crippen LogP contribution in [0.25, 0.3) is 0 Å². The van der Waals surface area contributed by atoms with E-state index in [0.717, 1.165) is 6.07 Å². The van der Waals surface area contributed by atoms with Gasteiger partial charge in [-0.15, -0.1) is 0 Å². The number of likely N-dealkylation sites (N-methyl/N-ethyl adjacent to an activating group) is 1. The van der Waals surface area contributed by atoms with Crippen molar-refractivity contribution in [3.05, 3.63) is 34.9 Å². The molecule has 102 valence electrons. The molecule has 0 aromatic heterocycles. The van der Waals surface area contributed by atoms with Gasteiger partial charge in [0, 0.05) is 26.1 Å². The van der Waals surface area contributed by atoms with Crippen molar-refractivity contribution >= 4 is 5.91 Å². The fourth-order valence-electron chi connectivity index (χ4n) is 3.07. The highest BCUT2D eigenvalue weighted by atomic mass is 19.4. The van der Waals surface area contributed by atoms with Crippen LogP contribution >= 0.6 is 0 Å². The van der Waals surface area contributed by atoms with Crippen LogP contribution in [0.4, 0.5) is 13.2 Å². The molecule has 3 nitrogen and oxygen atoms in total. The minimum absolute atomic E-state index is 0.0523. The van der Waals surface area contributed by atoms with Crippen LogP contribution in [0.15, 0.2) is 18.2 Å². The summed E-state index contributed by atoms with van der Waals surface area (Å²) in [6.07, 6.45) is -4.50. The van der Waals surface area contributed by atoms with Crippen LogP contribution in [-0.2, 0) is 6.18 Å². The Labute approximate surface area is 108 Å². The Kier molecular flexibility index (Phi) is 2.60. The average Bonchev–Trinajstić information content (AvgIpc) is 2.83. The Hall–Kier alpha value is -1.56. The Morgan fingerprint density at radius 2 is 2.05 bits per heavy atom. The van der Waals surface area contributed by atoms with Gasteiger partial charge < -0.3 is 10.2 Å². The molecule has 1 aromatic carbocycles. The number of nitrogens with zero attached hydrogens (tertiary/aromatic N) is 1. The number of fused-ring (bicyclic) bond motifs is 3. The first-order valence-electron chi connectivity index (χ1n) is 6.09. The van der Waals surface area contributed by atoms with Crippen molar-refractivity contribution < 1.29 is 18.0 Å². The third-order valence-electron chi connectivity index (χ3n) is 4.02. The topological polar surface area (TPSA) is 32.3 Å². The molecular formula is C13H13F3N2O. The van der Waals surface area contributed by atoms with Crippen molar-refractivity contribution in [2.75, 3.05) is 20.1 Å². The van der Waals surface area contributed by atoms with Gasteiger partial charge in [-0.25, -0.2) is 0 Å². The second-order valence-corrected chi connectivity index (χ2v) is 5.02. The summed E-state index contributed by atoms with van der Waals surface area (Å²) in [5, 5.41) is 3.14. The predicted molar refractivity (Wildman–Crippen MR) is 62.9 cm³/mol. The molecule has 2 unspecified atom stereocenters. The molecule has 2 aliphatic rings. The molecule has 0 bridgehead atoms. The fraction of sp³-hybridized carbons (Fsp3) is 0.462. The fourth-order valence-corrected chi connectivity index (χ4v) is 3.07. The van der Waals surface area contributed by atoms with E-state index in [1.54, 1.807) is 13.1 Å². The number of hydrogen-bond acceptors (Lipinski definition) is 2. The minimum Gasteiger partial charge on any atom is -0.337 e. The van der Waals surface area contributed by atoms with Gasteiger partial charge in [0.15, 0.2) is 0 Å². The molecular weight excluding hydrogens is 257 g/mol. The first-order valence-corrected chi connectivity index (χ1v) is 6.09. The van der Waals surface area contributed by atoms with Gasteiger partial charge in [-0.2, -0.15) is 13.2 Å². The SMILES string of the molecule is CN1C(=O)c2c(cccc2C(F)(F)F)C2CNCC21. The smallest absolute Gasteiger partial charge is 0.337 e. The third-order valence-corrected chi connectivity index (χ3v) is 4.02. The zero-order chi connectivity index (χ0) is 13.8. The Morgan fingerprint density at radius 3 is 2.74 bits per heavy atom. The summed E-state index contributed by atoms with van der Waals surface area (Å²) in [7, 11) is 1.57. The van der Waals surface area contributed by atoms with Crippen LogP contribution in [0.1, 0.15) is 27.4 Å². The third kappa shape index (κ3) is 1.74. The molecule has 2 atom stereocenters. The number of alkyl halides is 3. The molecule has 1 fully saturated rings. The first-order chi connectivity index (χ1) is 8.91. The van der Waals surface area contributed by atoms with Gasteiger partial charge in [0.05, 0.1) is 17.2 Å². The molecule has 6 heteroatoms. The lowest BCUT2D eigenvalue weighted by Gasteiger charge is -2.36. The lowest BCUT2D eigenvalue weighted by atomic mass is 9.83. The second-order valence-electron chi connectivity index (χ2n) is 5.02. The zero-order valence-electron chi connectivity index (χ0n) is 10.3. The van der Waals surface area contributed by atoms with E-state index in [1.807, 2.05) is 0 Å². The second kappa shape index (κ2) is 3.96. The highest BCUT2D eigenvalue weighted by Crippen LogP contribution is 2.41. The molecule has 0 saturated carbocycles. The number of nitrogens with one attached hydrogen (secondary N) is 1. The lowest BCUT2D eigenvalue weighted by Crippen LogP contribution is -2.46. The van der Waals surface area contributed by atoms with Crippen LogP contribution in [-0.4, -0.2) is 37.0 Å². The van der Waals surface area contributed by atoms with E-state index in [9.17, 15) is 18.0 Å². The highest BCUT2D eigenvalue weighted by Gasteiger charge is 2.45. The highest BCUT2D eigenvalue weighted by molar-refractivity contribution is 5.99. The van der Waals surface area contributed by atoms with Crippen LogP contribution in [0.5, 0.6) is 0 Å². The maximum absolute atomic E-state index is 13.0. The van der Waals surface area contributed by atoms with Crippen LogP contribution in [0.2, 0.25) is 0 Å². The standard InChI is InChI=1S/C13H13F3N2O/c1-18-10-6-17-5-8(10)7-3-2-4-9(13(14,15)16)11(7)12(18)19/h2-4,8,10,17H,5-6H2,1H3. The summed E-state index contributed by atoms with van der Waals surface area (Å²) < 4.78 is 39.1. The summed E-state index contributed by atoms with van der Waals surface area (Å²) in [6, 6.07) is 3.95. The number of hydrogen-bond donors (Lipinski definition) is 1. The van der Waals surface area contributed by atoms with Gasteiger partial charge >= 0.3 is 6.18 Å². The molecule has 0 aliphatic carbocycles. The van der Waals surface area contributed by atoms with E-state index in [1.165, 1.54) is 11.0 Å². The predicted octanol–water partition coefficient (Wildman–Crippen LogP) is 1.85. The minimum atomic E-state index is -4.50. The van der Waals surface area contributed by atoms with Crippen LogP contribution in [0.3, 0.4) is 0 Å². The van der Waals surface area contributed by atoms with Gasteiger partial charge in [0.25, 0.3) is 5.91 Å². The van der Waals surface area contributed by atoms with Crippen molar-refractivity contribution in [1.29, 1.82) is 0 Å². The number of benzene rings is 1. The molecule has 2 aliphatic heterocycles. The summed E-state index contributed by atoms with van der Waals surface area (Å²) in [4.78, 5) is 13.7. The maximum Gasteiger partial charge on any atom is 0.417 e. The van der Waals surface area contributed by atoms with E-state index in [0.29, 0.717) is 18.7 Å². The average molecular weight is 270 g/mol. The van der Waals surface area contributed by atoms with Crippen molar-refractivity contribution in [3.63, 3.8) is 0 Å². The van der Waals surface area contributed by atoms with Crippen molar-refractivity contribution in [2.24, 2.45) is 0 Å². The van der Waals surface area contributed by atoms with Gasteiger partial charge in [-0.1, -0.05) is 12.1 Å². The van der Waals surface area contributed by atoms with Crippen molar-refractivity contribution in [3.8, 4) is 0 Å². The largest absolute Gasteiger partial charge is 0.417 e. The number of halogens is 3. The Morgan fingerprint density at radius 1 is 1.32 bits per heavy atom. The summed E-state index contributed by atoms with van der Waals surface area (Å²) in [5.41, 5.74) is -0.484. The molecule has 0 radical (unpaired) electrons. The number of carbonyl (C=O) groups excluding carboxylic acids is 1. The maximum atomic E-state index is 13.0. The normalized spacial score (nSPS) is 26.3. The number of carbonyl (C=O) groups is 1. The monoisotopic (exact) mass is 270 g/mol. The quantitative estimate of drug-likeness (QED) is 0.780. The summed E-state index contributed by atoms with van der Waals surface area (Å²) in [6.45, 7) is 1.24.